The molecule has 0 radical (unpaired) electrons. The van der Waals surface area contributed by atoms with E-state index in [1.54, 1.807) is 11.2 Å². The largest absolute Gasteiger partial charge is 0.397 e. The maximum Gasteiger partial charge on any atom is 0.104 e. The van der Waals surface area contributed by atoms with Crippen LogP contribution in [0.15, 0.2) is 24.4 Å². The molecule has 5 heteroatoms. The van der Waals surface area contributed by atoms with Crippen LogP contribution in [0.25, 0.3) is 5.70 Å². The van der Waals surface area contributed by atoms with Gasteiger partial charge in [0.1, 0.15) is 6.61 Å². The first-order valence-corrected chi connectivity index (χ1v) is 7.91. The van der Waals surface area contributed by atoms with Crippen LogP contribution in [0, 0.1) is 18.8 Å². The molecule has 1 aliphatic heterocycles. The van der Waals surface area contributed by atoms with E-state index >= 15 is 0 Å². The van der Waals surface area contributed by atoms with E-state index in [-0.39, 0.29) is 12.7 Å². The molecule has 0 bridgehead atoms. The van der Waals surface area contributed by atoms with Crippen molar-refractivity contribution in [3.63, 3.8) is 0 Å². The molecule has 1 aromatic carbocycles. The molecule has 2 rings (SSSR count). The van der Waals surface area contributed by atoms with Gasteiger partial charge in [-0.05, 0) is 43.9 Å². The van der Waals surface area contributed by atoms with Crippen LogP contribution >= 0.6 is 0 Å². The van der Waals surface area contributed by atoms with Crippen molar-refractivity contribution in [1.29, 1.82) is 0 Å². The molecule has 0 spiro atoms. The van der Waals surface area contributed by atoms with Crippen molar-refractivity contribution in [2.45, 2.75) is 32.3 Å². The molecule has 0 amide bonds. The van der Waals surface area contributed by atoms with E-state index in [1.807, 2.05) is 25.1 Å². The van der Waals surface area contributed by atoms with Crippen molar-refractivity contribution < 1.29 is 9.84 Å². The van der Waals surface area contributed by atoms with Gasteiger partial charge in [0.25, 0.3) is 0 Å². The van der Waals surface area contributed by atoms with Crippen LogP contribution < -0.4 is 11.6 Å². The average Bonchev–Trinajstić information content (AvgIpc) is 2.53. The van der Waals surface area contributed by atoms with E-state index in [9.17, 15) is 0 Å². The van der Waals surface area contributed by atoms with Crippen LogP contribution in [0.5, 0.6) is 0 Å². The van der Waals surface area contributed by atoms with E-state index in [2.05, 4.69) is 11.8 Å². The van der Waals surface area contributed by atoms with Gasteiger partial charge in [0.15, 0.2) is 0 Å². The van der Waals surface area contributed by atoms with Crippen LogP contribution in [-0.2, 0) is 4.74 Å². The Morgan fingerprint density at radius 1 is 1.48 bits per heavy atom. The molecule has 1 fully saturated rings. The lowest BCUT2D eigenvalue weighted by Gasteiger charge is -2.26. The number of nitrogens with zero attached hydrogens (tertiary/aromatic N) is 1. The molecular formula is C18H25N3O2. The fourth-order valence-electron chi connectivity index (χ4n) is 2.69. The van der Waals surface area contributed by atoms with Gasteiger partial charge in [-0.1, -0.05) is 17.9 Å². The Labute approximate surface area is 137 Å². The Hall–Kier alpha value is -2.00. The topological polar surface area (TPSA) is 84.7 Å². The number of nitrogens with two attached hydrogens (primary N) is 2. The van der Waals surface area contributed by atoms with Gasteiger partial charge in [-0.25, -0.2) is 5.84 Å². The Morgan fingerprint density at radius 3 is 2.96 bits per heavy atom. The van der Waals surface area contributed by atoms with E-state index in [4.69, 9.17) is 21.4 Å². The lowest BCUT2D eigenvalue weighted by Crippen LogP contribution is -2.37. The molecule has 5 nitrogen and oxygen atoms in total. The molecule has 23 heavy (non-hydrogen) atoms. The van der Waals surface area contributed by atoms with Gasteiger partial charge in [-0.3, -0.25) is 0 Å². The molecule has 0 aromatic heterocycles. The third-order valence-electron chi connectivity index (χ3n) is 3.84. The summed E-state index contributed by atoms with van der Waals surface area (Å²) in [6.45, 7) is 3.28. The van der Waals surface area contributed by atoms with Crippen LogP contribution in [0.3, 0.4) is 0 Å². The van der Waals surface area contributed by atoms with E-state index in [1.165, 1.54) is 6.42 Å². The third-order valence-corrected chi connectivity index (χ3v) is 3.84. The first kappa shape index (κ1) is 17.4. The number of rotatable bonds is 4. The minimum Gasteiger partial charge on any atom is -0.397 e. The number of hydrazine groups is 1. The fraction of sp³-hybridized carbons (Fsp3) is 0.444. The van der Waals surface area contributed by atoms with Gasteiger partial charge in [-0.15, -0.1) is 0 Å². The summed E-state index contributed by atoms with van der Waals surface area (Å²) in [5.41, 5.74) is 9.59. The minimum absolute atomic E-state index is 0.145. The Kier molecular flexibility index (Phi) is 6.48. The summed E-state index contributed by atoms with van der Waals surface area (Å²) in [5.74, 6) is 11.6. The second kappa shape index (κ2) is 8.59. The van der Waals surface area contributed by atoms with E-state index < -0.39 is 0 Å². The molecule has 1 aliphatic rings. The monoisotopic (exact) mass is 315 g/mol. The van der Waals surface area contributed by atoms with Crippen LogP contribution in [0.4, 0.5) is 0 Å². The molecule has 0 saturated carbocycles. The predicted molar refractivity (Wildman–Crippen MR) is 91.8 cm³/mol. The Balaban J connectivity index is 2.04. The molecule has 5 N–H and O–H groups in total. The Morgan fingerprint density at radius 2 is 2.30 bits per heavy atom. The summed E-state index contributed by atoms with van der Waals surface area (Å²) < 4.78 is 5.69. The standard InChI is InChI=1S/C18H25N3O2/c1-14-11-15(5-4-9-22)7-8-17(14)18(19)13-21(20)12-16-6-2-3-10-23-16/h7-8,11,13,16,22H,2-3,6,9-10,12,19-20H2,1H3/b18-13-. The molecule has 1 saturated heterocycles. The maximum absolute atomic E-state index is 8.74. The first-order chi connectivity index (χ1) is 11.1. The highest BCUT2D eigenvalue weighted by atomic mass is 16.5. The quantitative estimate of drug-likeness (QED) is 0.443. The summed E-state index contributed by atoms with van der Waals surface area (Å²) in [4.78, 5) is 0. The first-order valence-electron chi connectivity index (χ1n) is 7.91. The van der Waals surface area contributed by atoms with Crippen molar-refractivity contribution >= 4 is 5.70 Å². The summed E-state index contributed by atoms with van der Waals surface area (Å²) in [6, 6.07) is 5.76. The fourth-order valence-corrected chi connectivity index (χ4v) is 2.69. The van der Waals surface area contributed by atoms with Crippen molar-refractivity contribution in [2.24, 2.45) is 11.6 Å². The number of aliphatic hydroxyl groups excluding tert-OH is 1. The van der Waals surface area contributed by atoms with Crippen molar-refractivity contribution in [2.75, 3.05) is 19.8 Å². The Bertz CT molecular complexity index is 610. The van der Waals surface area contributed by atoms with Crippen LogP contribution in [0.1, 0.15) is 36.0 Å². The SMILES string of the molecule is Cc1cc(C#CCO)ccc1/C(N)=C/N(N)CC1CCCCO1. The predicted octanol–water partition coefficient (Wildman–Crippen LogP) is 1.34. The summed E-state index contributed by atoms with van der Waals surface area (Å²) in [7, 11) is 0. The van der Waals surface area contributed by atoms with Gasteiger partial charge in [0.05, 0.1) is 18.3 Å². The number of hydrogen-bond acceptors (Lipinski definition) is 5. The second-order valence-electron chi connectivity index (χ2n) is 5.76. The number of hydrogen-bond donors (Lipinski definition) is 3. The molecule has 124 valence electrons. The van der Waals surface area contributed by atoms with Crippen LogP contribution in [-0.4, -0.2) is 36.0 Å². The molecule has 1 atom stereocenters. The van der Waals surface area contributed by atoms with Crippen molar-refractivity contribution in [1.82, 2.24) is 5.01 Å². The third kappa shape index (κ3) is 5.29. The average molecular weight is 315 g/mol. The van der Waals surface area contributed by atoms with Gasteiger partial charge < -0.3 is 20.6 Å². The second-order valence-corrected chi connectivity index (χ2v) is 5.76. The highest BCUT2D eigenvalue weighted by molar-refractivity contribution is 5.66. The number of aliphatic hydroxyl groups is 1. The minimum atomic E-state index is -0.145. The van der Waals surface area contributed by atoms with Gasteiger partial charge in [0.2, 0.25) is 0 Å². The maximum atomic E-state index is 8.74. The zero-order valence-electron chi connectivity index (χ0n) is 13.6. The van der Waals surface area contributed by atoms with Gasteiger partial charge >= 0.3 is 0 Å². The van der Waals surface area contributed by atoms with Crippen molar-refractivity contribution in [3.8, 4) is 11.8 Å². The molecular weight excluding hydrogens is 290 g/mol. The summed E-state index contributed by atoms with van der Waals surface area (Å²) in [5, 5.41) is 10.3. The van der Waals surface area contributed by atoms with Crippen LogP contribution in [0.2, 0.25) is 0 Å². The highest BCUT2D eigenvalue weighted by Gasteiger charge is 2.15. The lowest BCUT2D eigenvalue weighted by molar-refractivity contribution is 0.00166. The van der Waals surface area contributed by atoms with E-state index in [0.29, 0.717) is 12.2 Å². The summed E-state index contributed by atoms with van der Waals surface area (Å²) >= 11 is 0. The normalized spacial score (nSPS) is 18.2. The van der Waals surface area contributed by atoms with E-state index in [0.717, 1.165) is 36.1 Å². The smallest absolute Gasteiger partial charge is 0.104 e. The molecule has 1 unspecified atom stereocenters. The summed E-state index contributed by atoms with van der Waals surface area (Å²) in [6.07, 6.45) is 5.28. The number of ether oxygens (including phenoxy) is 1. The molecule has 0 aliphatic carbocycles. The van der Waals surface area contributed by atoms with Gasteiger partial charge in [-0.2, -0.15) is 0 Å². The lowest BCUT2D eigenvalue weighted by atomic mass is 10.0. The molecule has 1 aromatic rings. The van der Waals surface area contributed by atoms with Crippen molar-refractivity contribution in [3.05, 3.63) is 41.1 Å². The molecule has 1 heterocycles. The van der Waals surface area contributed by atoms with Gasteiger partial charge in [0, 0.05) is 23.9 Å². The number of benzene rings is 1. The highest BCUT2D eigenvalue weighted by Crippen LogP contribution is 2.18. The zero-order valence-corrected chi connectivity index (χ0v) is 13.6. The number of aryl methyl sites for hydroxylation is 1. The zero-order chi connectivity index (χ0) is 16.7.